The molecule has 2 aliphatic rings. The van der Waals surface area contributed by atoms with Crippen LogP contribution in [0.2, 0.25) is 0 Å². The van der Waals surface area contributed by atoms with Crippen LogP contribution in [0.5, 0.6) is 0 Å². The number of hydrogen-bond acceptors (Lipinski definition) is 8. The van der Waals surface area contributed by atoms with Gasteiger partial charge in [-0.25, -0.2) is 4.79 Å². The summed E-state index contributed by atoms with van der Waals surface area (Å²) in [5, 5.41) is 22.9. The lowest BCUT2D eigenvalue weighted by Gasteiger charge is -2.40. The fraction of sp³-hybridized carbons (Fsp3) is 0.211. The van der Waals surface area contributed by atoms with Crippen LogP contribution in [-0.2, 0) is 19.0 Å². The molecule has 2 heterocycles. The number of nitro groups is 2. The first-order valence-electron chi connectivity index (χ1n) is 8.61. The van der Waals surface area contributed by atoms with Gasteiger partial charge in [-0.2, -0.15) is 0 Å². The average Bonchev–Trinajstić information content (AvgIpc) is 3.06. The Kier molecular flexibility index (Phi) is 4.57. The van der Waals surface area contributed by atoms with Gasteiger partial charge in [0.25, 0.3) is 11.4 Å². The predicted molar refractivity (Wildman–Crippen MR) is 96.4 cm³/mol. The van der Waals surface area contributed by atoms with E-state index >= 15 is 0 Å². The number of rotatable bonds is 4. The van der Waals surface area contributed by atoms with Crippen molar-refractivity contribution in [3.05, 3.63) is 92.0 Å². The Hall–Kier alpha value is -3.63. The number of para-hydroxylation sites is 2. The van der Waals surface area contributed by atoms with E-state index in [1.165, 1.54) is 48.6 Å². The second kappa shape index (κ2) is 7.08. The van der Waals surface area contributed by atoms with Crippen molar-refractivity contribution < 1.29 is 28.9 Å². The Morgan fingerprint density at radius 2 is 1.52 bits per heavy atom. The van der Waals surface area contributed by atoms with Crippen LogP contribution >= 0.6 is 0 Å². The molecule has 4 rings (SSSR count). The number of hydrogen-bond donors (Lipinski definition) is 0. The number of benzene rings is 2. The van der Waals surface area contributed by atoms with Crippen molar-refractivity contribution in [2.45, 2.75) is 24.6 Å². The summed E-state index contributed by atoms with van der Waals surface area (Å²) in [6.45, 7) is 0. The van der Waals surface area contributed by atoms with Gasteiger partial charge >= 0.3 is 5.97 Å². The first-order chi connectivity index (χ1) is 13.9. The maximum Gasteiger partial charge on any atom is 0.333 e. The van der Waals surface area contributed by atoms with Gasteiger partial charge in [-0.05, 0) is 18.2 Å². The number of ether oxygens (including phenoxy) is 3. The van der Waals surface area contributed by atoms with E-state index in [-0.39, 0.29) is 28.9 Å². The largest absolute Gasteiger partial charge is 0.426 e. The summed E-state index contributed by atoms with van der Waals surface area (Å²) in [6, 6.07) is 11.8. The minimum absolute atomic E-state index is 0.0444. The molecule has 0 unspecified atom stereocenters. The maximum atomic E-state index is 11.7. The third-order valence-electron chi connectivity index (χ3n) is 4.68. The number of nitrogens with zero attached hydrogens (tertiary/aromatic N) is 2. The van der Waals surface area contributed by atoms with Gasteiger partial charge in [-0.3, -0.25) is 20.2 Å². The van der Waals surface area contributed by atoms with Crippen LogP contribution in [0.15, 0.2) is 60.7 Å². The zero-order valence-electron chi connectivity index (χ0n) is 14.8. The van der Waals surface area contributed by atoms with Gasteiger partial charge in [-0.15, -0.1) is 0 Å². The van der Waals surface area contributed by atoms with Gasteiger partial charge in [0.1, 0.15) is 0 Å². The summed E-state index contributed by atoms with van der Waals surface area (Å²) >= 11 is 0. The van der Waals surface area contributed by atoms with Crippen LogP contribution in [0, 0.1) is 20.2 Å². The van der Waals surface area contributed by atoms with Crippen molar-refractivity contribution in [2.75, 3.05) is 0 Å². The molecule has 29 heavy (non-hydrogen) atoms. The van der Waals surface area contributed by atoms with E-state index in [0.717, 1.165) is 0 Å². The second-order valence-corrected chi connectivity index (χ2v) is 6.48. The molecule has 0 aliphatic carbocycles. The zero-order valence-corrected chi connectivity index (χ0v) is 14.8. The van der Waals surface area contributed by atoms with E-state index in [4.69, 9.17) is 14.2 Å². The van der Waals surface area contributed by atoms with Gasteiger partial charge < -0.3 is 14.2 Å². The fourth-order valence-corrected chi connectivity index (χ4v) is 3.42. The van der Waals surface area contributed by atoms with Crippen LogP contribution < -0.4 is 0 Å². The zero-order chi connectivity index (χ0) is 20.6. The summed E-state index contributed by atoms with van der Waals surface area (Å²) < 4.78 is 17.0. The third-order valence-corrected chi connectivity index (χ3v) is 4.68. The van der Waals surface area contributed by atoms with E-state index in [1.807, 2.05) is 0 Å². The highest BCUT2D eigenvalue weighted by molar-refractivity contribution is 5.85. The molecule has 0 bridgehead atoms. The minimum Gasteiger partial charge on any atom is -0.426 e. The topological polar surface area (TPSA) is 131 Å². The molecule has 3 atom stereocenters. The van der Waals surface area contributed by atoms with Crippen LogP contribution in [0.25, 0.3) is 0 Å². The molecule has 148 valence electrons. The molecule has 1 spiro atoms. The maximum absolute atomic E-state index is 11.7. The number of carbonyl (C=O) groups is 1. The standard InChI is InChI=1S/C19H14N2O8/c22-17-9-10-19(28-17)11-16(12-5-1-3-7-14(12)20(23)24)27-18(29-19)13-6-2-4-8-15(13)21(25)26/h1-10,16,18H,11H2/t16-,18+,19-/m0/s1. The Bertz CT molecular complexity index is 969. The number of carbonyl (C=O) groups excluding carboxylic acids is 1. The van der Waals surface area contributed by atoms with E-state index in [1.54, 1.807) is 12.1 Å². The molecule has 0 aromatic heterocycles. The molecule has 2 aromatic rings. The van der Waals surface area contributed by atoms with E-state index in [2.05, 4.69) is 0 Å². The van der Waals surface area contributed by atoms with Gasteiger partial charge in [0.05, 0.1) is 27.1 Å². The summed E-state index contributed by atoms with van der Waals surface area (Å²) in [5.41, 5.74) is -0.0649. The molecular formula is C19H14N2O8. The fourth-order valence-electron chi connectivity index (χ4n) is 3.42. The van der Waals surface area contributed by atoms with Gasteiger partial charge in [0.2, 0.25) is 5.79 Å². The van der Waals surface area contributed by atoms with Crippen molar-refractivity contribution in [1.82, 2.24) is 0 Å². The van der Waals surface area contributed by atoms with Crippen LogP contribution in [0.4, 0.5) is 11.4 Å². The molecule has 1 saturated heterocycles. The molecule has 0 amide bonds. The molecule has 0 N–H and O–H groups in total. The highest BCUT2D eigenvalue weighted by atomic mass is 16.8. The SMILES string of the molecule is O=C1C=C[C@]2(C[C@@H](c3ccccc3[N+](=O)[O-])O[C@@H](c3ccccc3[N+](=O)[O-])O2)O1. The predicted octanol–water partition coefficient (Wildman–Crippen LogP) is 3.49. The molecule has 0 radical (unpaired) electrons. The Morgan fingerprint density at radius 3 is 2.10 bits per heavy atom. The van der Waals surface area contributed by atoms with E-state index in [9.17, 15) is 25.0 Å². The lowest BCUT2D eigenvalue weighted by Crippen LogP contribution is -2.41. The number of esters is 1. The Morgan fingerprint density at radius 1 is 0.931 bits per heavy atom. The van der Waals surface area contributed by atoms with E-state index in [0.29, 0.717) is 0 Å². The van der Waals surface area contributed by atoms with Crippen molar-refractivity contribution in [3.63, 3.8) is 0 Å². The van der Waals surface area contributed by atoms with E-state index < -0.39 is 34.0 Å². The first kappa shape index (κ1) is 18.7. The molecule has 2 aliphatic heterocycles. The first-order valence-corrected chi connectivity index (χ1v) is 8.61. The smallest absolute Gasteiger partial charge is 0.333 e. The third kappa shape index (κ3) is 3.46. The van der Waals surface area contributed by atoms with Crippen molar-refractivity contribution in [1.29, 1.82) is 0 Å². The summed E-state index contributed by atoms with van der Waals surface area (Å²) in [7, 11) is 0. The molecule has 10 nitrogen and oxygen atoms in total. The minimum atomic E-state index is -1.54. The second-order valence-electron chi connectivity index (χ2n) is 6.48. The van der Waals surface area contributed by atoms with Crippen LogP contribution in [-0.4, -0.2) is 21.6 Å². The lowest BCUT2D eigenvalue weighted by molar-refractivity contribution is -0.393. The van der Waals surface area contributed by atoms with Crippen LogP contribution in [0.3, 0.4) is 0 Å². The monoisotopic (exact) mass is 398 g/mol. The van der Waals surface area contributed by atoms with Gasteiger partial charge in [0, 0.05) is 24.6 Å². The molecule has 10 heteroatoms. The van der Waals surface area contributed by atoms with Crippen LogP contribution in [0.1, 0.15) is 29.9 Å². The molecule has 2 aromatic carbocycles. The highest BCUT2D eigenvalue weighted by Gasteiger charge is 2.49. The van der Waals surface area contributed by atoms with Gasteiger partial charge in [-0.1, -0.05) is 24.3 Å². The highest BCUT2D eigenvalue weighted by Crippen LogP contribution is 2.48. The Labute approximate surface area is 163 Å². The summed E-state index contributed by atoms with van der Waals surface area (Å²) in [6.07, 6.45) is 0.327. The van der Waals surface area contributed by atoms with Gasteiger partial charge in [0.15, 0.2) is 6.29 Å². The normalized spacial score (nSPS) is 25.7. The van der Waals surface area contributed by atoms with Crippen molar-refractivity contribution in [2.24, 2.45) is 0 Å². The quantitative estimate of drug-likeness (QED) is 0.434. The molecular weight excluding hydrogens is 384 g/mol. The Balaban J connectivity index is 1.79. The summed E-state index contributed by atoms with van der Waals surface area (Å²) in [5.74, 6) is -2.19. The average molecular weight is 398 g/mol. The summed E-state index contributed by atoms with van der Waals surface area (Å²) in [4.78, 5) is 33.5. The molecule has 0 saturated carbocycles. The number of nitro benzene ring substituents is 2. The van der Waals surface area contributed by atoms with Crippen molar-refractivity contribution in [3.8, 4) is 0 Å². The lowest BCUT2D eigenvalue weighted by atomic mass is 9.97. The molecule has 1 fully saturated rings. The van der Waals surface area contributed by atoms with Crippen molar-refractivity contribution >= 4 is 17.3 Å².